The van der Waals surface area contributed by atoms with Crippen LogP contribution in [0, 0.1) is 12.8 Å². The molecule has 0 amide bonds. The molecule has 1 aliphatic heterocycles. The first-order valence-corrected chi connectivity index (χ1v) is 10.7. The number of aryl methyl sites for hydroxylation is 1. The first-order chi connectivity index (χ1) is 14.1. The third-order valence-electron chi connectivity index (χ3n) is 5.22. The SMILES string of the molecule is C=C/C(=C\NC)c1cnc2c(Nc3cc(CN4CC(CC)C4)ns3)nc(C)cn12. The summed E-state index contributed by atoms with van der Waals surface area (Å²) >= 11 is 1.47. The summed E-state index contributed by atoms with van der Waals surface area (Å²) in [5.41, 5.74) is 4.72. The Kier molecular flexibility index (Phi) is 5.64. The van der Waals surface area contributed by atoms with Crippen LogP contribution in [-0.2, 0) is 6.54 Å². The van der Waals surface area contributed by atoms with Gasteiger partial charge in [-0.05, 0) is 30.4 Å². The number of allylic oxidation sites excluding steroid dienone is 2. The summed E-state index contributed by atoms with van der Waals surface area (Å²) in [5, 5.41) is 7.46. The Bertz CT molecular complexity index is 1040. The van der Waals surface area contributed by atoms with Crippen molar-refractivity contribution in [2.24, 2.45) is 5.92 Å². The van der Waals surface area contributed by atoms with Gasteiger partial charge in [-0.15, -0.1) is 0 Å². The Morgan fingerprint density at radius 3 is 2.97 bits per heavy atom. The second kappa shape index (κ2) is 8.34. The van der Waals surface area contributed by atoms with Crippen LogP contribution in [-0.4, -0.2) is 43.8 Å². The predicted molar refractivity (Wildman–Crippen MR) is 119 cm³/mol. The van der Waals surface area contributed by atoms with Gasteiger partial charge in [-0.25, -0.2) is 9.97 Å². The normalized spacial score (nSPS) is 15.5. The molecule has 8 heteroatoms. The number of hydrogen-bond acceptors (Lipinski definition) is 7. The molecule has 0 aromatic carbocycles. The van der Waals surface area contributed by atoms with E-state index in [0.29, 0.717) is 0 Å². The number of nitrogens with one attached hydrogen (secondary N) is 2. The van der Waals surface area contributed by atoms with E-state index in [1.807, 2.05) is 43.0 Å². The van der Waals surface area contributed by atoms with Crippen LogP contribution in [0.2, 0.25) is 0 Å². The standard InChI is InChI=1S/C21H27N7S/c1-5-15-11-27(12-15)13-17-7-19(29-26-17)25-20-21-23-9-18(16(6-2)8-22-4)28(21)10-14(3)24-20/h6-10,15,22H,2,5,11-13H2,1,3-4H3,(H,24,25)/b16-8+. The molecule has 1 saturated heterocycles. The second-order valence-corrected chi connectivity index (χ2v) is 8.24. The zero-order chi connectivity index (χ0) is 20.4. The molecule has 7 nitrogen and oxygen atoms in total. The molecule has 3 aromatic rings. The first-order valence-electron chi connectivity index (χ1n) is 9.91. The molecule has 0 spiro atoms. The Balaban J connectivity index is 1.56. The lowest BCUT2D eigenvalue weighted by Gasteiger charge is -2.38. The zero-order valence-electron chi connectivity index (χ0n) is 17.1. The fourth-order valence-corrected chi connectivity index (χ4v) is 4.31. The molecular weight excluding hydrogens is 382 g/mol. The predicted octanol–water partition coefficient (Wildman–Crippen LogP) is 3.83. The summed E-state index contributed by atoms with van der Waals surface area (Å²) in [6.07, 6.45) is 8.82. The van der Waals surface area contributed by atoms with Gasteiger partial charge in [-0.1, -0.05) is 26.0 Å². The van der Waals surface area contributed by atoms with E-state index in [0.717, 1.165) is 51.6 Å². The van der Waals surface area contributed by atoms with Crippen LogP contribution < -0.4 is 10.6 Å². The van der Waals surface area contributed by atoms with E-state index < -0.39 is 0 Å². The number of anilines is 2. The van der Waals surface area contributed by atoms with Crippen molar-refractivity contribution in [1.82, 2.24) is 29.0 Å². The lowest BCUT2D eigenvalue weighted by molar-refractivity contribution is 0.0888. The largest absolute Gasteiger partial charge is 0.393 e. The zero-order valence-corrected chi connectivity index (χ0v) is 18.0. The Hall–Kier alpha value is -2.71. The van der Waals surface area contributed by atoms with Crippen molar-refractivity contribution in [1.29, 1.82) is 0 Å². The van der Waals surface area contributed by atoms with Gasteiger partial charge in [0, 0.05) is 44.7 Å². The van der Waals surface area contributed by atoms with E-state index in [1.165, 1.54) is 31.0 Å². The molecule has 0 bridgehead atoms. The van der Waals surface area contributed by atoms with Crippen molar-refractivity contribution >= 4 is 33.6 Å². The van der Waals surface area contributed by atoms with Gasteiger partial charge in [0.2, 0.25) is 0 Å². The highest BCUT2D eigenvalue weighted by Gasteiger charge is 2.25. The molecule has 0 atom stereocenters. The average molecular weight is 410 g/mol. The second-order valence-electron chi connectivity index (χ2n) is 7.44. The number of hydrogen-bond donors (Lipinski definition) is 2. The number of likely N-dealkylation sites (tertiary alicyclic amines) is 1. The first kappa shape index (κ1) is 19.6. The number of rotatable bonds is 8. The van der Waals surface area contributed by atoms with E-state index in [9.17, 15) is 0 Å². The number of nitrogens with zero attached hydrogens (tertiary/aromatic N) is 5. The number of fused-ring (bicyclic) bond motifs is 1. The van der Waals surface area contributed by atoms with Crippen molar-refractivity contribution in [2.75, 3.05) is 25.5 Å². The van der Waals surface area contributed by atoms with Crippen molar-refractivity contribution in [3.63, 3.8) is 0 Å². The molecule has 0 aliphatic carbocycles. The van der Waals surface area contributed by atoms with Crippen LogP contribution in [0.15, 0.2) is 37.3 Å². The highest BCUT2D eigenvalue weighted by molar-refractivity contribution is 7.10. The molecule has 0 unspecified atom stereocenters. The Morgan fingerprint density at radius 1 is 1.41 bits per heavy atom. The average Bonchev–Trinajstić information content (AvgIpc) is 3.29. The van der Waals surface area contributed by atoms with Gasteiger partial charge in [0.1, 0.15) is 5.00 Å². The van der Waals surface area contributed by atoms with E-state index in [-0.39, 0.29) is 0 Å². The van der Waals surface area contributed by atoms with Crippen molar-refractivity contribution in [3.05, 3.63) is 54.4 Å². The lowest BCUT2D eigenvalue weighted by atomic mass is 9.97. The van der Waals surface area contributed by atoms with E-state index >= 15 is 0 Å². The minimum absolute atomic E-state index is 0.731. The van der Waals surface area contributed by atoms with Gasteiger partial charge < -0.3 is 10.6 Å². The van der Waals surface area contributed by atoms with Crippen molar-refractivity contribution in [3.8, 4) is 0 Å². The van der Waals surface area contributed by atoms with Gasteiger partial charge in [-0.3, -0.25) is 9.30 Å². The van der Waals surface area contributed by atoms with E-state index in [4.69, 9.17) is 0 Å². The summed E-state index contributed by atoms with van der Waals surface area (Å²) in [7, 11) is 1.87. The molecule has 0 radical (unpaired) electrons. The molecule has 29 heavy (non-hydrogen) atoms. The van der Waals surface area contributed by atoms with Crippen LogP contribution in [0.3, 0.4) is 0 Å². The van der Waals surface area contributed by atoms with Gasteiger partial charge in [0.05, 0.1) is 23.3 Å². The lowest BCUT2D eigenvalue weighted by Crippen LogP contribution is -2.45. The van der Waals surface area contributed by atoms with Crippen LogP contribution in [0.4, 0.5) is 10.8 Å². The molecular formula is C21H27N7S. The van der Waals surface area contributed by atoms with Crippen molar-refractivity contribution in [2.45, 2.75) is 26.8 Å². The minimum Gasteiger partial charge on any atom is -0.393 e. The van der Waals surface area contributed by atoms with Crippen LogP contribution in [0.1, 0.15) is 30.4 Å². The van der Waals surface area contributed by atoms with Crippen LogP contribution in [0.5, 0.6) is 0 Å². The van der Waals surface area contributed by atoms with E-state index in [2.05, 4.69) is 49.4 Å². The smallest absolute Gasteiger partial charge is 0.180 e. The molecule has 1 fully saturated rings. The van der Waals surface area contributed by atoms with Crippen LogP contribution in [0.25, 0.3) is 11.2 Å². The summed E-state index contributed by atoms with van der Waals surface area (Å²) in [4.78, 5) is 11.7. The number of imidazole rings is 1. The van der Waals surface area contributed by atoms with Gasteiger partial charge in [0.15, 0.2) is 11.5 Å². The molecule has 3 aromatic heterocycles. The summed E-state index contributed by atoms with van der Waals surface area (Å²) in [6.45, 7) is 11.4. The monoisotopic (exact) mass is 409 g/mol. The Morgan fingerprint density at radius 2 is 2.24 bits per heavy atom. The van der Waals surface area contributed by atoms with E-state index in [1.54, 1.807) is 0 Å². The molecule has 4 heterocycles. The van der Waals surface area contributed by atoms with Crippen LogP contribution >= 0.6 is 11.5 Å². The van der Waals surface area contributed by atoms with Gasteiger partial charge >= 0.3 is 0 Å². The maximum Gasteiger partial charge on any atom is 0.180 e. The fourth-order valence-electron chi connectivity index (χ4n) is 3.65. The summed E-state index contributed by atoms with van der Waals surface area (Å²) in [6, 6.07) is 2.12. The highest BCUT2D eigenvalue weighted by atomic mass is 32.1. The highest BCUT2D eigenvalue weighted by Crippen LogP contribution is 2.28. The third-order valence-corrected chi connectivity index (χ3v) is 5.97. The third kappa shape index (κ3) is 4.04. The topological polar surface area (TPSA) is 70.4 Å². The summed E-state index contributed by atoms with van der Waals surface area (Å²) < 4.78 is 6.65. The minimum atomic E-state index is 0.731. The van der Waals surface area contributed by atoms with Gasteiger partial charge in [-0.2, -0.15) is 4.37 Å². The molecule has 0 saturated carbocycles. The number of aromatic nitrogens is 4. The Labute approximate surface area is 175 Å². The maximum atomic E-state index is 4.67. The quantitative estimate of drug-likeness (QED) is 0.551. The molecule has 1 aliphatic rings. The van der Waals surface area contributed by atoms with Crippen molar-refractivity contribution < 1.29 is 0 Å². The fraction of sp³-hybridized carbons (Fsp3) is 0.381. The summed E-state index contributed by atoms with van der Waals surface area (Å²) in [5.74, 6) is 1.58. The molecule has 4 rings (SSSR count). The van der Waals surface area contributed by atoms with Gasteiger partial charge in [0.25, 0.3) is 0 Å². The molecule has 2 N–H and O–H groups in total. The molecule has 152 valence electrons. The maximum absolute atomic E-state index is 4.67.